The number of rotatable bonds is 4. The number of carbonyl (C=O) groups is 1. The van der Waals surface area contributed by atoms with Gasteiger partial charge in [0.15, 0.2) is 0 Å². The van der Waals surface area contributed by atoms with Crippen LogP contribution in [0.2, 0.25) is 5.02 Å². The van der Waals surface area contributed by atoms with Crippen LogP contribution in [0.15, 0.2) is 24.3 Å². The van der Waals surface area contributed by atoms with Crippen molar-refractivity contribution in [3.05, 3.63) is 34.9 Å². The number of nitrogens with one attached hydrogen (secondary N) is 2. The summed E-state index contributed by atoms with van der Waals surface area (Å²) < 4.78 is 0. The Balaban J connectivity index is 2.26. The minimum Gasteiger partial charge on any atom is -0.337 e. The van der Waals surface area contributed by atoms with Crippen molar-refractivity contribution in [3.63, 3.8) is 0 Å². The Morgan fingerprint density at radius 1 is 1.31 bits per heavy atom. The highest BCUT2D eigenvalue weighted by atomic mass is 35.5. The summed E-state index contributed by atoms with van der Waals surface area (Å²) in [6.45, 7) is 0.804. The lowest BCUT2D eigenvalue weighted by atomic mass is 10.2. The van der Waals surface area contributed by atoms with Gasteiger partial charge in [0.1, 0.15) is 0 Å². The van der Waals surface area contributed by atoms with Crippen LogP contribution in [-0.2, 0) is 6.54 Å². The molecule has 0 saturated carbocycles. The summed E-state index contributed by atoms with van der Waals surface area (Å²) in [5.74, 6) is 0. The van der Waals surface area contributed by atoms with Crippen LogP contribution in [0.25, 0.3) is 0 Å². The first-order valence-electron chi connectivity index (χ1n) is 4.85. The first kappa shape index (κ1) is 12.3. The molecule has 0 aliphatic carbocycles. The molecule has 2 N–H and O–H groups in total. The van der Waals surface area contributed by atoms with Crippen LogP contribution in [0.1, 0.15) is 12.0 Å². The predicted molar refractivity (Wildman–Crippen MR) is 61.9 cm³/mol. The smallest absolute Gasteiger partial charge is 0.315 e. The fourth-order valence-corrected chi connectivity index (χ4v) is 1.21. The fourth-order valence-electron chi connectivity index (χ4n) is 1.08. The molecule has 16 heavy (non-hydrogen) atoms. The average Bonchev–Trinajstić information content (AvgIpc) is 2.29. The number of nitriles is 1. The minimum absolute atomic E-state index is 0.273. The Hall–Kier alpha value is -1.73. The van der Waals surface area contributed by atoms with Gasteiger partial charge in [0, 0.05) is 18.1 Å². The van der Waals surface area contributed by atoms with Gasteiger partial charge in [-0.2, -0.15) is 5.26 Å². The Labute approximate surface area is 99.2 Å². The van der Waals surface area contributed by atoms with Gasteiger partial charge in [0.25, 0.3) is 0 Å². The summed E-state index contributed by atoms with van der Waals surface area (Å²) in [5, 5.41) is 14.2. The summed E-state index contributed by atoms with van der Waals surface area (Å²) in [6, 6.07) is 8.90. The molecule has 2 amide bonds. The van der Waals surface area contributed by atoms with Crippen molar-refractivity contribution >= 4 is 17.6 Å². The van der Waals surface area contributed by atoms with Crippen molar-refractivity contribution in [2.75, 3.05) is 6.54 Å². The van der Waals surface area contributed by atoms with E-state index in [9.17, 15) is 4.79 Å². The molecule has 1 aromatic rings. The third-order valence-electron chi connectivity index (χ3n) is 1.89. The fraction of sp³-hybridized carbons (Fsp3) is 0.273. The number of halogens is 1. The summed E-state index contributed by atoms with van der Waals surface area (Å²) in [6.07, 6.45) is 0.314. The summed E-state index contributed by atoms with van der Waals surface area (Å²) in [7, 11) is 0. The predicted octanol–water partition coefficient (Wildman–Crippen LogP) is 2.05. The molecule has 0 spiro atoms. The highest BCUT2D eigenvalue weighted by Crippen LogP contribution is 2.08. The van der Waals surface area contributed by atoms with Gasteiger partial charge in [0.05, 0.1) is 12.5 Å². The van der Waals surface area contributed by atoms with Crippen LogP contribution in [0, 0.1) is 11.3 Å². The van der Waals surface area contributed by atoms with Crippen molar-refractivity contribution in [3.8, 4) is 6.07 Å². The van der Waals surface area contributed by atoms with Crippen LogP contribution in [0.3, 0.4) is 0 Å². The molecule has 1 rings (SSSR count). The van der Waals surface area contributed by atoms with E-state index < -0.39 is 0 Å². The van der Waals surface area contributed by atoms with Crippen LogP contribution in [-0.4, -0.2) is 12.6 Å². The van der Waals surface area contributed by atoms with Crippen LogP contribution in [0.5, 0.6) is 0 Å². The monoisotopic (exact) mass is 237 g/mol. The second-order valence-electron chi connectivity index (χ2n) is 3.14. The Morgan fingerprint density at radius 3 is 2.62 bits per heavy atom. The number of hydrogen-bond donors (Lipinski definition) is 2. The Kier molecular flexibility index (Phi) is 5.17. The first-order chi connectivity index (χ1) is 7.72. The van der Waals surface area contributed by atoms with E-state index in [4.69, 9.17) is 16.9 Å². The Morgan fingerprint density at radius 2 is 2.00 bits per heavy atom. The van der Waals surface area contributed by atoms with Gasteiger partial charge in [-0.15, -0.1) is 0 Å². The highest BCUT2D eigenvalue weighted by molar-refractivity contribution is 6.30. The molecule has 0 radical (unpaired) electrons. The summed E-state index contributed by atoms with van der Waals surface area (Å²) in [4.78, 5) is 11.2. The van der Waals surface area contributed by atoms with Crippen molar-refractivity contribution in [2.24, 2.45) is 0 Å². The Bertz CT molecular complexity index is 383. The molecule has 0 saturated heterocycles. The third kappa shape index (κ3) is 4.67. The van der Waals surface area contributed by atoms with Gasteiger partial charge in [-0.3, -0.25) is 0 Å². The van der Waals surface area contributed by atoms with Crippen molar-refractivity contribution in [1.29, 1.82) is 5.26 Å². The van der Waals surface area contributed by atoms with E-state index in [0.29, 0.717) is 24.5 Å². The zero-order chi connectivity index (χ0) is 11.8. The molecule has 0 atom stereocenters. The molecule has 5 heteroatoms. The largest absolute Gasteiger partial charge is 0.337 e. The minimum atomic E-state index is -0.273. The van der Waals surface area contributed by atoms with Gasteiger partial charge in [0.2, 0.25) is 0 Å². The van der Waals surface area contributed by atoms with Gasteiger partial charge in [-0.1, -0.05) is 23.7 Å². The number of carbonyl (C=O) groups excluding carboxylic acids is 1. The molecule has 0 unspecified atom stereocenters. The van der Waals surface area contributed by atoms with Crippen molar-refractivity contribution < 1.29 is 4.79 Å². The van der Waals surface area contributed by atoms with Crippen LogP contribution in [0.4, 0.5) is 4.79 Å². The molecule has 0 aromatic heterocycles. The van der Waals surface area contributed by atoms with Gasteiger partial charge in [-0.05, 0) is 17.7 Å². The first-order valence-corrected chi connectivity index (χ1v) is 5.23. The normalized spacial score (nSPS) is 9.25. The topological polar surface area (TPSA) is 64.9 Å². The summed E-state index contributed by atoms with van der Waals surface area (Å²) in [5.41, 5.74) is 0.972. The van der Waals surface area contributed by atoms with Crippen molar-refractivity contribution in [2.45, 2.75) is 13.0 Å². The zero-order valence-corrected chi connectivity index (χ0v) is 9.42. The quantitative estimate of drug-likeness (QED) is 0.788. The maximum absolute atomic E-state index is 11.2. The number of nitrogens with zero attached hydrogens (tertiary/aromatic N) is 1. The van der Waals surface area contributed by atoms with E-state index in [1.807, 2.05) is 18.2 Å². The molecule has 0 heterocycles. The van der Waals surface area contributed by atoms with Gasteiger partial charge >= 0.3 is 6.03 Å². The lowest BCUT2D eigenvalue weighted by molar-refractivity contribution is 0.240. The molecule has 0 bridgehead atoms. The zero-order valence-electron chi connectivity index (χ0n) is 8.66. The second-order valence-corrected chi connectivity index (χ2v) is 3.58. The maximum atomic E-state index is 11.2. The average molecular weight is 238 g/mol. The van der Waals surface area contributed by atoms with E-state index in [1.165, 1.54) is 0 Å². The lowest BCUT2D eigenvalue weighted by Gasteiger charge is -2.06. The SMILES string of the molecule is N#CCCNC(=O)NCc1ccc(Cl)cc1. The van der Waals surface area contributed by atoms with E-state index in [0.717, 1.165) is 5.56 Å². The van der Waals surface area contributed by atoms with E-state index >= 15 is 0 Å². The molecule has 0 aliphatic rings. The molecule has 0 fully saturated rings. The highest BCUT2D eigenvalue weighted by Gasteiger charge is 1.99. The van der Waals surface area contributed by atoms with Crippen LogP contribution < -0.4 is 10.6 Å². The number of benzene rings is 1. The lowest BCUT2D eigenvalue weighted by Crippen LogP contribution is -2.35. The molecular formula is C11H12ClN3O. The van der Waals surface area contributed by atoms with Gasteiger partial charge in [-0.25, -0.2) is 4.79 Å². The third-order valence-corrected chi connectivity index (χ3v) is 2.14. The molecular weight excluding hydrogens is 226 g/mol. The molecule has 4 nitrogen and oxygen atoms in total. The number of hydrogen-bond acceptors (Lipinski definition) is 2. The van der Waals surface area contributed by atoms with E-state index in [2.05, 4.69) is 10.6 Å². The molecule has 84 valence electrons. The van der Waals surface area contributed by atoms with E-state index in [-0.39, 0.29) is 6.03 Å². The van der Waals surface area contributed by atoms with E-state index in [1.54, 1.807) is 12.1 Å². The number of amides is 2. The molecule has 1 aromatic carbocycles. The standard InChI is InChI=1S/C11H12ClN3O/c12-10-4-2-9(3-5-10)8-15-11(16)14-7-1-6-13/h2-5H,1,7-8H2,(H2,14,15,16). The number of urea groups is 1. The molecule has 0 aliphatic heterocycles. The van der Waals surface area contributed by atoms with Crippen molar-refractivity contribution in [1.82, 2.24) is 10.6 Å². The van der Waals surface area contributed by atoms with Gasteiger partial charge < -0.3 is 10.6 Å². The summed E-state index contributed by atoms with van der Waals surface area (Å²) >= 11 is 5.73. The van der Waals surface area contributed by atoms with Crippen LogP contribution >= 0.6 is 11.6 Å². The second kappa shape index (κ2) is 6.70. The maximum Gasteiger partial charge on any atom is 0.315 e.